The Labute approximate surface area is 199 Å². The van der Waals surface area contributed by atoms with Gasteiger partial charge in [-0.2, -0.15) is 14.4 Å². The fourth-order valence-electron chi connectivity index (χ4n) is 3.95. The molecule has 0 bridgehead atoms. The second-order valence-corrected chi connectivity index (χ2v) is 11.3. The molecule has 1 aliphatic heterocycles. The smallest absolute Gasteiger partial charge is 0.229 e. The fourth-order valence-corrected chi connectivity index (χ4v) is 4.57. The molecule has 5 rings (SSSR count). The molecule has 34 heavy (non-hydrogen) atoms. The van der Waals surface area contributed by atoms with Gasteiger partial charge in [-0.15, -0.1) is 0 Å². The first-order chi connectivity index (χ1) is 16.3. The Hall–Kier alpha value is -3.50. The van der Waals surface area contributed by atoms with Gasteiger partial charge in [-0.1, -0.05) is 6.07 Å². The Morgan fingerprint density at radius 1 is 0.971 bits per heavy atom. The topological polar surface area (TPSA) is 91.5 Å². The summed E-state index contributed by atoms with van der Waals surface area (Å²) in [5, 5.41) is 8.61. The van der Waals surface area contributed by atoms with Crippen molar-refractivity contribution < 1.29 is 4.21 Å². The van der Waals surface area contributed by atoms with Crippen LogP contribution in [-0.2, 0) is 9.73 Å². The maximum atomic E-state index is 12.1. The lowest BCUT2D eigenvalue weighted by Crippen LogP contribution is -2.44. The Morgan fingerprint density at radius 3 is 2.47 bits per heavy atom. The van der Waals surface area contributed by atoms with Gasteiger partial charge in [-0.05, 0) is 49.5 Å². The van der Waals surface area contributed by atoms with Gasteiger partial charge in [-0.25, -0.2) is 13.9 Å². The summed E-state index contributed by atoms with van der Waals surface area (Å²) in [5.74, 6) is 0.493. The molecule has 0 unspecified atom stereocenters. The Kier molecular flexibility index (Phi) is 5.93. The van der Waals surface area contributed by atoms with Crippen molar-refractivity contribution >= 4 is 43.8 Å². The van der Waals surface area contributed by atoms with E-state index in [0.717, 1.165) is 42.9 Å². The second-order valence-electron chi connectivity index (χ2n) is 8.78. The zero-order valence-electron chi connectivity index (χ0n) is 19.5. The van der Waals surface area contributed by atoms with Gasteiger partial charge in [0.2, 0.25) is 5.95 Å². The number of likely N-dealkylation sites (N-methyl/N-ethyl adjacent to an activating group) is 1. The van der Waals surface area contributed by atoms with Gasteiger partial charge < -0.3 is 15.1 Å². The Balaban J connectivity index is 1.38. The highest BCUT2D eigenvalue weighted by Gasteiger charge is 2.14. The van der Waals surface area contributed by atoms with Crippen LogP contribution in [0.1, 0.15) is 0 Å². The molecule has 176 valence electrons. The van der Waals surface area contributed by atoms with Crippen LogP contribution in [0.2, 0.25) is 0 Å². The molecule has 10 heteroatoms. The lowest BCUT2D eigenvalue weighted by atomic mass is 10.2. The molecule has 0 amide bonds. The molecule has 0 saturated carbocycles. The summed E-state index contributed by atoms with van der Waals surface area (Å²) in [4.78, 5) is 13.9. The van der Waals surface area contributed by atoms with E-state index in [1.165, 1.54) is 5.69 Å². The van der Waals surface area contributed by atoms with Crippen LogP contribution in [0.5, 0.6) is 0 Å². The molecule has 2 aromatic heterocycles. The predicted molar refractivity (Wildman–Crippen MR) is 138 cm³/mol. The van der Waals surface area contributed by atoms with Crippen molar-refractivity contribution in [1.82, 2.24) is 24.6 Å². The Bertz CT molecular complexity index is 1420. The van der Waals surface area contributed by atoms with E-state index in [1.54, 1.807) is 29.6 Å². The van der Waals surface area contributed by atoms with E-state index in [9.17, 15) is 4.21 Å². The largest absolute Gasteiger partial charge is 0.369 e. The van der Waals surface area contributed by atoms with Crippen molar-refractivity contribution in [3.63, 3.8) is 0 Å². The maximum Gasteiger partial charge on any atom is 0.229 e. The average molecular weight is 477 g/mol. The van der Waals surface area contributed by atoms with Crippen LogP contribution in [0.15, 0.2) is 65.3 Å². The lowest BCUT2D eigenvalue weighted by Gasteiger charge is -2.34. The van der Waals surface area contributed by atoms with Gasteiger partial charge in [0.05, 0.1) is 23.0 Å². The maximum absolute atomic E-state index is 12.1. The first kappa shape index (κ1) is 22.3. The summed E-state index contributed by atoms with van der Waals surface area (Å²) in [6.07, 6.45) is 6.72. The van der Waals surface area contributed by atoms with E-state index in [4.69, 9.17) is 4.98 Å². The van der Waals surface area contributed by atoms with Crippen LogP contribution < -0.4 is 10.2 Å². The molecule has 4 aromatic rings. The van der Waals surface area contributed by atoms with E-state index < -0.39 is 9.73 Å². The molecule has 3 heterocycles. The van der Waals surface area contributed by atoms with E-state index in [-0.39, 0.29) is 0 Å². The van der Waals surface area contributed by atoms with Crippen LogP contribution in [0.4, 0.5) is 23.0 Å². The van der Waals surface area contributed by atoms with Gasteiger partial charge in [0.25, 0.3) is 0 Å². The molecule has 1 fully saturated rings. The number of nitrogens with zero attached hydrogens (tertiary/aromatic N) is 7. The van der Waals surface area contributed by atoms with Gasteiger partial charge in [0, 0.05) is 66.0 Å². The van der Waals surface area contributed by atoms with Gasteiger partial charge in [0.15, 0.2) is 5.65 Å². The van der Waals surface area contributed by atoms with E-state index in [1.807, 2.05) is 24.3 Å². The van der Waals surface area contributed by atoms with Crippen molar-refractivity contribution in [2.45, 2.75) is 0 Å². The number of fused-ring (bicyclic) bond motifs is 1. The van der Waals surface area contributed by atoms with E-state index in [2.05, 4.69) is 60.9 Å². The summed E-state index contributed by atoms with van der Waals surface area (Å²) in [7, 11) is -0.0948. The van der Waals surface area contributed by atoms with Crippen LogP contribution in [0.3, 0.4) is 0 Å². The molecule has 0 atom stereocenters. The van der Waals surface area contributed by atoms with E-state index >= 15 is 0 Å². The SMILES string of the molecule is CN1CCN(c2ccc(Nc3ncc4cnn(-c5cccc(N=S(C)(C)=O)c5)c4n3)cc2)CC1. The number of piperazine rings is 1. The van der Waals surface area contributed by atoms with Crippen molar-refractivity contribution in [2.75, 3.05) is 56.0 Å². The highest BCUT2D eigenvalue weighted by molar-refractivity contribution is 7.92. The molecule has 0 spiro atoms. The lowest BCUT2D eigenvalue weighted by molar-refractivity contribution is 0.313. The highest BCUT2D eigenvalue weighted by atomic mass is 32.2. The third kappa shape index (κ3) is 5.02. The number of anilines is 3. The Morgan fingerprint density at radius 2 is 1.74 bits per heavy atom. The quantitative estimate of drug-likeness (QED) is 0.470. The third-order valence-electron chi connectivity index (χ3n) is 5.70. The first-order valence-corrected chi connectivity index (χ1v) is 13.5. The normalized spacial score (nSPS) is 15.0. The fraction of sp³-hybridized carbons (Fsp3) is 0.292. The van der Waals surface area contributed by atoms with Crippen LogP contribution in [-0.4, -0.2) is 74.6 Å². The summed E-state index contributed by atoms with van der Waals surface area (Å²) < 4.78 is 18.1. The number of aromatic nitrogens is 4. The molecule has 1 saturated heterocycles. The minimum atomic E-state index is -2.25. The number of nitrogens with one attached hydrogen (secondary N) is 1. The predicted octanol–water partition coefficient (Wildman–Crippen LogP) is 3.67. The molecule has 2 aromatic carbocycles. The van der Waals surface area contributed by atoms with Crippen LogP contribution >= 0.6 is 0 Å². The third-order valence-corrected chi connectivity index (χ3v) is 6.35. The summed E-state index contributed by atoms with van der Waals surface area (Å²) in [6, 6.07) is 15.8. The summed E-state index contributed by atoms with van der Waals surface area (Å²) in [5.41, 5.74) is 4.26. The highest BCUT2D eigenvalue weighted by Crippen LogP contribution is 2.24. The number of benzene rings is 2. The van der Waals surface area contributed by atoms with Crippen molar-refractivity contribution in [2.24, 2.45) is 4.36 Å². The molecule has 9 nitrogen and oxygen atoms in total. The van der Waals surface area contributed by atoms with Crippen molar-refractivity contribution in [3.8, 4) is 5.69 Å². The number of hydrogen-bond acceptors (Lipinski definition) is 8. The van der Waals surface area contributed by atoms with Gasteiger partial charge in [-0.3, -0.25) is 0 Å². The summed E-state index contributed by atoms with van der Waals surface area (Å²) in [6.45, 7) is 4.23. The van der Waals surface area contributed by atoms with Crippen LogP contribution in [0.25, 0.3) is 16.7 Å². The van der Waals surface area contributed by atoms with Crippen molar-refractivity contribution in [3.05, 3.63) is 60.9 Å². The average Bonchev–Trinajstić information content (AvgIpc) is 3.23. The zero-order valence-corrected chi connectivity index (χ0v) is 20.4. The minimum absolute atomic E-state index is 0.493. The van der Waals surface area contributed by atoms with Crippen molar-refractivity contribution in [1.29, 1.82) is 0 Å². The zero-order chi connectivity index (χ0) is 23.7. The molecular formula is C24H28N8OS. The molecule has 0 aliphatic carbocycles. The molecule has 0 radical (unpaired) electrons. The minimum Gasteiger partial charge on any atom is -0.369 e. The van der Waals surface area contributed by atoms with Gasteiger partial charge in [0.1, 0.15) is 0 Å². The standard InChI is InChI=1S/C24H28N8OS/c1-30-11-13-31(14-12-30)21-9-7-19(8-10-21)27-24-25-16-18-17-26-32(23(18)28-24)22-6-4-5-20(15-22)29-34(2,3)33/h4-10,15-17H,11-14H2,1-3H3,(H,25,27,28). The monoisotopic (exact) mass is 476 g/mol. The second kappa shape index (κ2) is 9.03. The molecular weight excluding hydrogens is 448 g/mol. The number of hydrogen-bond donors (Lipinski definition) is 1. The molecule has 1 aliphatic rings. The van der Waals surface area contributed by atoms with Gasteiger partial charge >= 0.3 is 0 Å². The first-order valence-electron chi connectivity index (χ1n) is 11.1. The number of rotatable bonds is 5. The van der Waals surface area contributed by atoms with E-state index in [0.29, 0.717) is 17.3 Å². The molecule has 1 N–H and O–H groups in total. The summed E-state index contributed by atoms with van der Waals surface area (Å²) >= 11 is 0. The van der Waals surface area contributed by atoms with Crippen LogP contribution in [0, 0.1) is 0 Å².